The van der Waals surface area contributed by atoms with Gasteiger partial charge >= 0.3 is 0 Å². The Morgan fingerprint density at radius 3 is 2.68 bits per heavy atom. The SMILES string of the molecule is Cl.c1ccc2c(OC3[C@@H]4CNC[C@H]3C4)nccc2c1. The minimum Gasteiger partial charge on any atom is -0.473 e. The maximum Gasteiger partial charge on any atom is 0.221 e. The second-order valence-electron chi connectivity index (χ2n) is 5.33. The van der Waals surface area contributed by atoms with Gasteiger partial charge in [-0.2, -0.15) is 0 Å². The van der Waals surface area contributed by atoms with Crippen molar-refractivity contribution in [3.63, 3.8) is 0 Å². The number of hydrogen-bond acceptors (Lipinski definition) is 3. The molecular formula is C15H17ClN2O. The van der Waals surface area contributed by atoms with Crippen molar-refractivity contribution in [3.8, 4) is 5.88 Å². The number of nitrogens with one attached hydrogen (secondary N) is 1. The summed E-state index contributed by atoms with van der Waals surface area (Å²) >= 11 is 0. The largest absolute Gasteiger partial charge is 0.473 e. The predicted molar refractivity (Wildman–Crippen MR) is 77.9 cm³/mol. The van der Waals surface area contributed by atoms with Gasteiger partial charge in [0, 0.05) is 36.5 Å². The Labute approximate surface area is 118 Å². The summed E-state index contributed by atoms with van der Waals surface area (Å²) < 4.78 is 6.18. The third-order valence-corrected chi connectivity index (χ3v) is 4.23. The number of fused-ring (bicyclic) bond motifs is 3. The van der Waals surface area contributed by atoms with E-state index in [4.69, 9.17) is 4.74 Å². The van der Waals surface area contributed by atoms with E-state index in [0.29, 0.717) is 17.9 Å². The van der Waals surface area contributed by atoms with E-state index < -0.39 is 0 Å². The summed E-state index contributed by atoms with van der Waals surface area (Å²) in [4.78, 5) is 4.41. The predicted octanol–water partition coefficient (Wildman–Crippen LogP) is 2.64. The molecule has 2 fully saturated rings. The van der Waals surface area contributed by atoms with Crippen LogP contribution in [0.5, 0.6) is 5.88 Å². The summed E-state index contributed by atoms with van der Waals surface area (Å²) in [6.07, 6.45) is 3.51. The van der Waals surface area contributed by atoms with E-state index in [1.54, 1.807) is 0 Å². The average Bonchev–Trinajstić information content (AvgIpc) is 2.45. The van der Waals surface area contributed by atoms with Crippen LogP contribution in [0.25, 0.3) is 10.8 Å². The zero-order valence-corrected chi connectivity index (χ0v) is 11.4. The van der Waals surface area contributed by atoms with Gasteiger partial charge in [0.1, 0.15) is 6.10 Å². The molecule has 0 amide bonds. The maximum atomic E-state index is 6.18. The van der Waals surface area contributed by atoms with Gasteiger partial charge in [-0.15, -0.1) is 12.4 Å². The summed E-state index contributed by atoms with van der Waals surface area (Å²) in [5, 5.41) is 5.76. The zero-order chi connectivity index (χ0) is 11.9. The normalized spacial score (nSPS) is 28.3. The highest BCUT2D eigenvalue weighted by Crippen LogP contribution is 2.40. The van der Waals surface area contributed by atoms with E-state index in [-0.39, 0.29) is 12.4 Å². The van der Waals surface area contributed by atoms with Gasteiger partial charge in [-0.1, -0.05) is 18.2 Å². The molecule has 0 spiro atoms. The molecule has 1 N–H and O–H groups in total. The standard InChI is InChI=1S/C15H16N2O.ClH/c1-2-4-13-10(3-1)5-6-17-15(13)18-14-11-7-12(14)9-16-8-11;/h1-6,11-12,14,16H,7-9H2;1H/t11-,12+,14?;. The van der Waals surface area contributed by atoms with E-state index >= 15 is 0 Å². The summed E-state index contributed by atoms with van der Waals surface area (Å²) in [5.74, 6) is 2.14. The van der Waals surface area contributed by atoms with Crippen LogP contribution < -0.4 is 10.1 Å². The Morgan fingerprint density at radius 2 is 1.89 bits per heavy atom. The molecule has 0 radical (unpaired) electrons. The van der Waals surface area contributed by atoms with Gasteiger partial charge in [0.2, 0.25) is 5.88 Å². The Balaban J connectivity index is 0.00000110. The number of ether oxygens (including phenoxy) is 1. The molecule has 4 rings (SSSR count). The van der Waals surface area contributed by atoms with Crippen LogP contribution >= 0.6 is 12.4 Å². The molecule has 19 heavy (non-hydrogen) atoms. The smallest absolute Gasteiger partial charge is 0.221 e. The highest BCUT2D eigenvalue weighted by Gasteiger charge is 2.45. The van der Waals surface area contributed by atoms with Crippen LogP contribution in [-0.2, 0) is 0 Å². The molecular weight excluding hydrogens is 260 g/mol. The summed E-state index contributed by atoms with van der Waals surface area (Å²) in [6, 6.07) is 10.3. The lowest BCUT2D eigenvalue weighted by molar-refractivity contribution is -0.0460. The van der Waals surface area contributed by atoms with Gasteiger partial charge < -0.3 is 10.1 Å². The van der Waals surface area contributed by atoms with Gasteiger partial charge in [0.05, 0.1) is 0 Å². The fourth-order valence-corrected chi connectivity index (χ4v) is 3.21. The summed E-state index contributed by atoms with van der Waals surface area (Å²) in [5.41, 5.74) is 0. The van der Waals surface area contributed by atoms with Gasteiger partial charge in [0.25, 0.3) is 0 Å². The second-order valence-corrected chi connectivity index (χ2v) is 5.33. The number of aromatic nitrogens is 1. The topological polar surface area (TPSA) is 34.1 Å². The molecule has 2 heterocycles. The van der Waals surface area contributed by atoms with Crippen molar-refractivity contribution in [3.05, 3.63) is 36.5 Å². The molecule has 1 aliphatic carbocycles. The van der Waals surface area contributed by atoms with E-state index in [1.165, 1.54) is 11.8 Å². The van der Waals surface area contributed by atoms with Crippen LogP contribution in [0.2, 0.25) is 0 Å². The van der Waals surface area contributed by atoms with Crippen LogP contribution in [0.3, 0.4) is 0 Å². The summed E-state index contributed by atoms with van der Waals surface area (Å²) in [6.45, 7) is 2.18. The maximum absolute atomic E-state index is 6.18. The van der Waals surface area contributed by atoms with Gasteiger partial charge in [-0.05, 0) is 23.9 Å². The number of piperidine rings is 2. The van der Waals surface area contributed by atoms with Crippen molar-refractivity contribution in [1.82, 2.24) is 10.3 Å². The van der Waals surface area contributed by atoms with Crippen molar-refractivity contribution in [2.24, 2.45) is 11.8 Å². The monoisotopic (exact) mass is 276 g/mol. The third kappa shape index (κ3) is 2.07. The molecule has 4 heteroatoms. The Kier molecular flexibility index (Phi) is 3.33. The van der Waals surface area contributed by atoms with Crippen molar-refractivity contribution in [2.75, 3.05) is 13.1 Å². The highest BCUT2D eigenvalue weighted by atomic mass is 35.5. The molecule has 2 bridgehead atoms. The van der Waals surface area contributed by atoms with Gasteiger partial charge in [0.15, 0.2) is 0 Å². The lowest BCUT2D eigenvalue weighted by Crippen LogP contribution is -2.59. The van der Waals surface area contributed by atoms with Crippen LogP contribution in [0, 0.1) is 11.8 Å². The molecule has 1 aromatic carbocycles. The average molecular weight is 277 g/mol. The number of hydrogen-bond donors (Lipinski definition) is 1. The number of rotatable bonds is 2. The minimum atomic E-state index is 0. The molecule has 1 saturated carbocycles. The number of halogens is 1. The quantitative estimate of drug-likeness (QED) is 0.916. The molecule has 3 atom stereocenters. The second kappa shape index (κ2) is 4.99. The van der Waals surface area contributed by atoms with Crippen LogP contribution in [0.4, 0.5) is 0 Å². The number of benzene rings is 1. The molecule has 100 valence electrons. The first-order chi connectivity index (χ1) is 8.92. The van der Waals surface area contributed by atoms with Crippen molar-refractivity contribution in [1.29, 1.82) is 0 Å². The first kappa shape index (κ1) is 12.7. The number of pyridine rings is 1. The van der Waals surface area contributed by atoms with Crippen molar-refractivity contribution < 1.29 is 4.74 Å². The van der Waals surface area contributed by atoms with Crippen LogP contribution in [0.1, 0.15) is 6.42 Å². The first-order valence-electron chi connectivity index (χ1n) is 6.63. The van der Waals surface area contributed by atoms with E-state index in [1.807, 2.05) is 24.4 Å². The lowest BCUT2D eigenvalue weighted by Gasteiger charge is -2.48. The van der Waals surface area contributed by atoms with Crippen LogP contribution in [-0.4, -0.2) is 24.2 Å². The van der Waals surface area contributed by atoms with Gasteiger partial charge in [-0.3, -0.25) is 0 Å². The Morgan fingerprint density at radius 1 is 1.11 bits per heavy atom. The van der Waals surface area contributed by atoms with Crippen molar-refractivity contribution in [2.45, 2.75) is 12.5 Å². The fourth-order valence-electron chi connectivity index (χ4n) is 3.21. The molecule has 2 aliphatic rings. The summed E-state index contributed by atoms with van der Waals surface area (Å²) in [7, 11) is 0. The molecule has 1 aliphatic heterocycles. The Hall–Kier alpha value is -1.32. The fraction of sp³-hybridized carbons (Fsp3) is 0.400. The lowest BCUT2D eigenvalue weighted by atomic mass is 9.69. The van der Waals surface area contributed by atoms with E-state index in [2.05, 4.69) is 22.4 Å². The molecule has 3 nitrogen and oxygen atoms in total. The first-order valence-corrected chi connectivity index (χ1v) is 6.63. The van der Waals surface area contributed by atoms with Crippen LogP contribution in [0.15, 0.2) is 36.5 Å². The Bertz CT molecular complexity index is 570. The van der Waals surface area contributed by atoms with Gasteiger partial charge in [-0.25, -0.2) is 4.98 Å². The number of nitrogens with zero attached hydrogens (tertiary/aromatic N) is 1. The molecule has 2 aromatic rings. The third-order valence-electron chi connectivity index (χ3n) is 4.23. The minimum absolute atomic E-state index is 0. The zero-order valence-electron chi connectivity index (χ0n) is 10.6. The van der Waals surface area contributed by atoms with Crippen molar-refractivity contribution >= 4 is 23.2 Å². The van der Waals surface area contributed by atoms with E-state index in [9.17, 15) is 0 Å². The molecule has 1 aromatic heterocycles. The van der Waals surface area contributed by atoms with E-state index in [0.717, 1.165) is 24.4 Å². The molecule has 1 unspecified atom stereocenters. The molecule has 1 saturated heterocycles. The highest BCUT2D eigenvalue weighted by molar-refractivity contribution is 5.86.